The van der Waals surface area contributed by atoms with Gasteiger partial charge in [0.05, 0.1) is 28.2 Å². The van der Waals surface area contributed by atoms with Crippen molar-refractivity contribution in [3.8, 4) is 22.6 Å². The zero-order valence-corrected chi connectivity index (χ0v) is 30.8. The van der Waals surface area contributed by atoms with Gasteiger partial charge in [-0.2, -0.15) is 0 Å². The highest BCUT2D eigenvalue weighted by Gasteiger charge is 2.47. The first-order valence-electron chi connectivity index (χ1n) is 19.1. The van der Waals surface area contributed by atoms with Crippen molar-refractivity contribution in [1.82, 2.24) is 0 Å². The van der Waals surface area contributed by atoms with Crippen LogP contribution in [0.4, 0.5) is 34.1 Å². The number of benzene rings is 8. The SMILES string of the molecule is CC1(C)c2ccccc2N2c3ccccc3Oc3ccc(N(c4ccccc4)c4ccc5c(c4)C(c4ccccc4)(c4ccccc4)c4ccccc4-5)c1c32. The van der Waals surface area contributed by atoms with Crippen LogP contribution in [0.5, 0.6) is 11.5 Å². The number of nitrogens with zero attached hydrogens (tertiary/aromatic N) is 2. The molecule has 0 radical (unpaired) electrons. The Labute approximate surface area is 322 Å². The summed E-state index contributed by atoms with van der Waals surface area (Å²) in [5.74, 6) is 1.73. The predicted octanol–water partition coefficient (Wildman–Crippen LogP) is 13.7. The Morgan fingerprint density at radius 1 is 0.455 bits per heavy atom. The van der Waals surface area contributed by atoms with Crippen LogP contribution >= 0.6 is 0 Å². The van der Waals surface area contributed by atoms with Crippen molar-refractivity contribution >= 4 is 34.1 Å². The van der Waals surface area contributed by atoms with Gasteiger partial charge < -0.3 is 14.5 Å². The van der Waals surface area contributed by atoms with Gasteiger partial charge in [-0.25, -0.2) is 0 Å². The molecule has 3 nitrogen and oxygen atoms in total. The Morgan fingerprint density at radius 2 is 1.04 bits per heavy atom. The van der Waals surface area contributed by atoms with Crippen molar-refractivity contribution in [2.24, 2.45) is 0 Å². The van der Waals surface area contributed by atoms with Gasteiger partial charge in [0, 0.05) is 22.4 Å². The molecule has 55 heavy (non-hydrogen) atoms. The van der Waals surface area contributed by atoms with Crippen LogP contribution in [0.2, 0.25) is 0 Å². The molecule has 0 N–H and O–H groups in total. The molecule has 2 heterocycles. The molecule has 0 spiro atoms. The highest BCUT2D eigenvalue weighted by molar-refractivity contribution is 5.98. The molecule has 3 heteroatoms. The van der Waals surface area contributed by atoms with Gasteiger partial charge >= 0.3 is 0 Å². The van der Waals surface area contributed by atoms with Crippen molar-refractivity contribution in [3.05, 3.63) is 228 Å². The van der Waals surface area contributed by atoms with Gasteiger partial charge in [-0.05, 0) is 93.5 Å². The van der Waals surface area contributed by atoms with E-state index < -0.39 is 5.41 Å². The monoisotopic (exact) mass is 706 g/mol. The molecule has 8 aromatic rings. The van der Waals surface area contributed by atoms with Gasteiger partial charge in [0.2, 0.25) is 0 Å². The minimum atomic E-state index is -0.510. The van der Waals surface area contributed by atoms with Crippen LogP contribution in [0.1, 0.15) is 47.2 Å². The molecule has 0 saturated carbocycles. The van der Waals surface area contributed by atoms with Crippen molar-refractivity contribution in [2.75, 3.05) is 9.80 Å². The zero-order chi connectivity index (χ0) is 36.7. The Hall–Kier alpha value is -6.84. The molecule has 0 bridgehead atoms. The van der Waals surface area contributed by atoms with Gasteiger partial charge in [-0.3, -0.25) is 0 Å². The fourth-order valence-corrected chi connectivity index (χ4v) is 9.79. The van der Waals surface area contributed by atoms with Crippen LogP contribution in [0.15, 0.2) is 194 Å². The molecule has 0 saturated heterocycles. The van der Waals surface area contributed by atoms with Crippen LogP contribution in [-0.2, 0) is 10.8 Å². The number of hydrogen-bond acceptors (Lipinski definition) is 3. The van der Waals surface area contributed by atoms with Crippen LogP contribution in [0.3, 0.4) is 0 Å². The Morgan fingerprint density at radius 3 is 1.76 bits per heavy atom. The highest BCUT2D eigenvalue weighted by Crippen LogP contribution is 2.63. The Kier molecular flexibility index (Phi) is 6.81. The quantitative estimate of drug-likeness (QED) is 0.177. The Balaban J connectivity index is 1.21. The molecule has 8 aromatic carbocycles. The lowest BCUT2D eigenvalue weighted by Crippen LogP contribution is -2.34. The van der Waals surface area contributed by atoms with E-state index in [4.69, 9.17) is 4.74 Å². The summed E-state index contributed by atoms with van der Waals surface area (Å²) in [5, 5.41) is 0. The van der Waals surface area contributed by atoms with E-state index in [1.54, 1.807) is 0 Å². The molecular formula is C52H38N2O. The summed E-state index contributed by atoms with van der Waals surface area (Å²) < 4.78 is 6.74. The summed E-state index contributed by atoms with van der Waals surface area (Å²) >= 11 is 0. The predicted molar refractivity (Wildman–Crippen MR) is 225 cm³/mol. The first kappa shape index (κ1) is 31.7. The second-order valence-corrected chi connectivity index (χ2v) is 15.3. The average molecular weight is 707 g/mol. The number of rotatable bonds is 5. The standard InChI is InChI=1S/C52H38N2O/c1-51(2)42-26-14-15-27-44(42)54-45-28-16-17-29-47(45)55-48-33-32-46(49(51)50(48)54)53(37-22-10-5-11-23-37)38-30-31-40-39-24-12-13-25-41(39)52(43(40)34-38,35-18-6-3-7-19-35)36-20-8-4-9-21-36/h3-34H,1-2H3. The van der Waals surface area contributed by atoms with E-state index >= 15 is 0 Å². The summed E-state index contributed by atoms with van der Waals surface area (Å²) in [7, 11) is 0. The second kappa shape index (κ2) is 11.8. The maximum Gasteiger partial charge on any atom is 0.152 e. The largest absolute Gasteiger partial charge is 0.453 e. The lowest BCUT2D eigenvalue weighted by molar-refractivity contribution is 0.471. The van der Waals surface area contributed by atoms with Crippen molar-refractivity contribution < 1.29 is 4.74 Å². The van der Waals surface area contributed by atoms with E-state index in [9.17, 15) is 0 Å². The second-order valence-electron chi connectivity index (χ2n) is 15.3. The van der Waals surface area contributed by atoms with E-state index in [-0.39, 0.29) is 5.41 Å². The lowest BCUT2D eigenvalue weighted by atomic mass is 9.67. The summed E-state index contributed by atoms with van der Waals surface area (Å²) in [6.07, 6.45) is 0. The van der Waals surface area contributed by atoms with Gasteiger partial charge in [-0.1, -0.05) is 153 Å². The third-order valence-corrected chi connectivity index (χ3v) is 12.1. The van der Waals surface area contributed by atoms with E-state index in [0.29, 0.717) is 0 Å². The first-order valence-corrected chi connectivity index (χ1v) is 19.1. The van der Waals surface area contributed by atoms with Gasteiger partial charge in [0.25, 0.3) is 0 Å². The fourth-order valence-electron chi connectivity index (χ4n) is 9.79. The van der Waals surface area contributed by atoms with Crippen LogP contribution in [0.25, 0.3) is 11.1 Å². The minimum absolute atomic E-state index is 0.360. The van der Waals surface area contributed by atoms with Crippen LogP contribution in [0, 0.1) is 0 Å². The lowest BCUT2D eigenvalue weighted by Gasteiger charge is -2.46. The minimum Gasteiger partial charge on any atom is -0.453 e. The van der Waals surface area contributed by atoms with E-state index in [1.807, 2.05) is 6.07 Å². The molecule has 1 aliphatic carbocycles. The zero-order valence-electron chi connectivity index (χ0n) is 30.8. The molecule has 3 aliphatic rings. The molecule has 0 aromatic heterocycles. The molecule has 0 fully saturated rings. The first-order chi connectivity index (χ1) is 27.1. The van der Waals surface area contributed by atoms with Crippen molar-refractivity contribution in [2.45, 2.75) is 24.7 Å². The smallest absolute Gasteiger partial charge is 0.152 e. The van der Waals surface area contributed by atoms with E-state index in [0.717, 1.165) is 39.9 Å². The van der Waals surface area contributed by atoms with E-state index in [2.05, 4.69) is 212 Å². The number of hydrogen-bond donors (Lipinski definition) is 0. The molecule has 0 atom stereocenters. The van der Waals surface area contributed by atoms with Crippen molar-refractivity contribution in [3.63, 3.8) is 0 Å². The number of para-hydroxylation sites is 4. The number of ether oxygens (including phenoxy) is 1. The van der Waals surface area contributed by atoms with E-state index in [1.165, 1.54) is 50.2 Å². The molecule has 2 aliphatic heterocycles. The average Bonchev–Trinajstić information content (AvgIpc) is 3.54. The van der Waals surface area contributed by atoms with Gasteiger partial charge in [0.15, 0.2) is 11.5 Å². The molecule has 262 valence electrons. The van der Waals surface area contributed by atoms with Gasteiger partial charge in [0.1, 0.15) is 0 Å². The third kappa shape index (κ3) is 4.38. The van der Waals surface area contributed by atoms with Crippen LogP contribution in [-0.4, -0.2) is 0 Å². The van der Waals surface area contributed by atoms with Crippen molar-refractivity contribution in [1.29, 1.82) is 0 Å². The van der Waals surface area contributed by atoms with Gasteiger partial charge in [-0.15, -0.1) is 0 Å². The normalized spacial score (nSPS) is 14.8. The molecule has 11 rings (SSSR count). The summed E-state index contributed by atoms with van der Waals surface area (Å²) in [6.45, 7) is 4.72. The maximum absolute atomic E-state index is 6.74. The molecular weight excluding hydrogens is 669 g/mol. The highest BCUT2D eigenvalue weighted by atomic mass is 16.5. The topological polar surface area (TPSA) is 15.7 Å². The number of fused-ring (bicyclic) bond motifs is 7. The number of anilines is 6. The molecule has 0 unspecified atom stereocenters. The summed E-state index contributed by atoms with van der Waals surface area (Å²) in [4.78, 5) is 4.89. The summed E-state index contributed by atoms with van der Waals surface area (Å²) in [6, 6.07) is 70.7. The Bertz CT molecular complexity index is 2730. The third-order valence-electron chi connectivity index (χ3n) is 12.1. The summed E-state index contributed by atoms with van der Waals surface area (Å²) in [5.41, 5.74) is 15.9. The molecule has 0 amide bonds. The maximum atomic E-state index is 6.74. The van der Waals surface area contributed by atoms with Crippen LogP contribution < -0.4 is 14.5 Å². The fraction of sp³-hybridized carbons (Fsp3) is 0.0769.